The Labute approximate surface area is 150 Å². The van der Waals surface area contributed by atoms with Gasteiger partial charge in [-0.3, -0.25) is 9.69 Å². The predicted octanol–water partition coefficient (Wildman–Crippen LogP) is 2.43. The van der Waals surface area contributed by atoms with Crippen molar-refractivity contribution in [3.8, 4) is 5.75 Å². The third-order valence-corrected chi connectivity index (χ3v) is 4.03. The zero-order chi connectivity index (χ0) is 17.6. The monoisotopic (exact) mass is 359 g/mol. The first-order chi connectivity index (χ1) is 12.1. The van der Waals surface area contributed by atoms with Crippen LogP contribution in [-0.2, 0) is 4.79 Å². The highest BCUT2D eigenvalue weighted by Gasteiger charge is 2.34. The molecule has 0 spiro atoms. The fourth-order valence-corrected chi connectivity index (χ4v) is 2.64. The zero-order valence-electron chi connectivity index (χ0n) is 13.4. The molecule has 7 heteroatoms. The molecule has 1 atom stereocenters. The zero-order valence-corrected chi connectivity index (χ0v) is 14.2. The van der Waals surface area contributed by atoms with Gasteiger partial charge >= 0.3 is 6.03 Å². The number of ether oxygens (including phenoxy) is 1. The molecule has 1 unspecified atom stereocenters. The van der Waals surface area contributed by atoms with Gasteiger partial charge in [0.2, 0.25) is 5.91 Å². The number of nitrogens with one attached hydrogen (secondary N) is 2. The second kappa shape index (κ2) is 7.90. The maximum Gasteiger partial charge on any atom is 0.322 e. The number of benzene rings is 2. The molecule has 3 rings (SSSR count). The number of anilines is 1. The summed E-state index contributed by atoms with van der Waals surface area (Å²) in [4.78, 5) is 25.8. The Balaban J connectivity index is 1.46. The molecule has 0 aliphatic carbocycles. The Morgan fingerprint density at radius 2 is 1.92 bits per heavy atom. The minimum atomic E-state index is -0.597. The lowest BCUT2D eigenvalue weighted by Gasteiger charge is -2.14. The number of hydrogen-bond donors (Lipinski definition) is 2. The van der Waals surface area contributed by atoms with Gasteiger partial charge in [0.25, 0.3) is 0 Å². The van der Waals surface area contributed by atoms with Crippen molar-refractivity contribution in [2.45, 2.75) is 6.04 Å². The molecule has 0 radical (unpaired) electrons. The maximum atomic E-state index is 12.2. The van der Waals surface area contributed by atoms with Gasteiger partial charge in [0, 0.05) is 10.7 Å². The van der Waals surface area contributed by atoms with Crippen LogP contribution in [0.4, 0.5) is 10.5 Å². The first kappa shape index (κ1) is 17.1. The quantitative estimate of drug-likeness (QED) is 0.778. The normalized spacial score (nSPS) is 16.4. The average Bonchev–Trinajstić information content (AvgIpc) is 3.02. The molecule has 0 bridgehead atoms. The summed E-state index contributed by atoms with van der Waals surface area (Å²) in [6.07, 6.45) is 0. The van der Waals surface area contributed by atoms with E-state index in [-0.39, 0.29) is 18.5 Å². The van der Waals surface area contributed by atoms with Gasteiger partial charge in [-0.15, -0.1) is 0 Å². The first-order valence-corrected chi connectivity index (χ1v) is 8.30. The van der Waals surface area contributed by atoms with E-state index in [0.29, 0.717) is 23.9 Å². The number of rotatable bonds is 6. The maximum absolute atomic E-state index is 12.2. The van der Waals surface area contributed by atoms with Crippen LogP contribution in [0.5, 0.6) is 5.75 Å². The van der Waals surface area contributed by atoms with E-state index in [1.165, 1.54) is 4.90 Å². The van der Waals surface area contributed by atoms with Gasteiger partial charge in [-0.2, -0.15) is 0 Å². The van der Waals surface area contributed by atoms with E-state index in [4.69, 9.17) is 16.3 Å². The molecular formula is C18H18ClN3O3. The van der Waals surface area contributed by atoms with Crippen molar-refractivity contribution in [1.29, 1.82) is 0 Å². The summed E-state index contributed by atoms with van der Waals surface area (Å²) < 4.78 is 5.52. The minimum Gasteiger partial charge on any atom is -0.492 e. The van der Waals surface area contributed by atoms with Gasteiger partial charge in [0.15, 0.2) is 0 Å². The predicted molar refractivity (Wildman–Crippen MR) is 96.1 cm³/mol. The number of nitrogens with zero attached hydrogens (tertiary/aromatic N) is 1. The number of para-hydroxylation sites is 1. The molecule has 1 heterocycles. The number of halogens is 1. The Bertz CT molecular complexity index is 737. The molecular weight excluding hydrogens is 342 g/mol. The topological polar surface area (TPSA) is 70.7 Å². The van der Waals surface area contributed by atoms with Crippen LogP contribution in [0.25, 0.3) is 0 Å². The second-order valence-electron chi connectivity index (χ2n) is 5.54. The van der Waals surface area contributed by atoms with Crippen LogP contribution in [0.3, 0.4) is 0 Å². The molecule has 3 amide bonds. The third kappa shape index (κ3) is 4.42. The molecule has 1 fully saturated rings. The standard InChI is InChI=1S/C18H18ClN3O3/c19-13-6-8-14(9-7-13)22-12-16(21-18(22)24)17(23)20-10-11-25-15-4-2-1-3-5-15/h1-9,16H,10-12H2,(H,20,23)(H,21,24). The number of urea groups is 1. The number of amides is 3. The molecule has 1 aliphatic rings. The lowest BCUT2D eigenvalue weighted by molar-refractivity contribution is -0.122. The van der Waals surface area contributed by atoms with E-state index in [9.17, 15) is 9.59 Å². The second-order valence-corrected chi connectivity index (χ2v) is 5.98. The minimum absolute atomic E-state index is 0.235. The van der Waals surface area contributed by atoms with Crippen molar-refractivity contribution in [3.05, 3.63) is 59.6 Å². The molecule has 2 N–H and O–H groups in total. The Hall–Kier alpha value is -2.73. The molecule has 2 aromatic carbocycles. The summed E-state index contributed by atoms with van der Waals surface area (Å²) in [5.74, 6) is 0.515. The fourth-order valence-electron chi connectivity index (χ4n) is 2.51. The Kier molecular flexibility index (Phi) is 5.40. The van der Waals surface area contributed by atoms with Gasteiger partial charge in [-0.25, -0.2) is 4.79 Å². The van der Waals surface area contributed by atoms with E-state index in [0.717, 1.165) is 5.75 Å². The SMILES string of the molecule is O=C(NCCOc1ccccc1)C1CN(c2ccc(Cl)cc2)C(=O)N1. The van der Waals surface area contributed by atoms with Crippen LogP contribution in [-0.4, -0.2) is 37.7 Å². The van der Waals surface area contributed by atoms with Crippen LogP contribution in [0.1, 0.15) is 0 Å². The Morgan fingerprint density at radius 3 is 2.64 bits per heavy atom. The highest BCUT2D eigenvalue weighted by Crippen LogP contribution is 2.20. The van der Waals surface area contributed by atoms with Gasteiger partial charge in [0.05, 0.1) is 13.1 Å². The lowest BCUT2D eigenvalue weighted by Crippen LogP contribution is -2.44. The molecule has 2 aromatic rings. The largest absolute Gasteiger partial charge is 0.492 e. The van der Waals surface area contributed by atoms with Crippen LogP contribution < -0.4 is 20.3 Å². The van der Waals surface area contributed by atoms with E-state index in [2.05, 4.69) is 10.6 Å². The van der Waals surface area contributed by atoms with Crippen molar-refractivity contribution in [1.82, 2.24) is 10.6 Å². The van der Waals surface area contributed by atoms with E-state index < -0.39 is 6.04 Å². The van der Waals surface area contributed by atoms with Crippen molar-refractivity contribution in [3.63, 3.8) is 0 Å². The summed E-state index contributed by atoms with van der Waals surface area (Å²) in [5, 5.41) is 6.04. The molecule has 25 heavy (non-hydrogen) atoms. The van der Waals surface area contributed by atoms with Crippen LogP contribution in [0.15, 0.2) is 54.6 Å². The lowest BCUT2D eigenvalue weighted by atomic mass is 10.2. The van der Waals surface area contributed by atoms with Gasteiger partial charge < -0.3 is 15.4 Å². The molecule has 6 nitrogen and oxygen atoms in total. The number of carbonyl (C=O) groups excluding carboxylic acids is 2. The first-order valence-electron chi connectivity index (χ1n) is 7.92. The van der Waals surface area contributed by atoms with Crippen molar-refractivity contribution in [2.24, 2.45) is 0 Å². The van der Waals surface area contributed by atoms with E-state index in [1.54, 1.807) is 24.3 Å². The van der Waals surface area contributed by atoms with Crippen molar-refractivity contribution in [2.75, 3.05) is 24.6 Å². The van der Waals surface area contributed by atoms with Crippen LogP contribution >= 0.6 is 11.6 Å². The van der Waals surface area contributed by atoms with Crippen molar-refractivity contribution >= 4 is 29.2 Å². The molecule has 0 aromatic heterocycles. The van der Waals surface area contributed by atoms with Gasteiger partial charge in [-0.1, -0.05) is 29.8 Å². The summed E-state index contributed by atoms with van der Waals surface area (Å²) in [6.45, 7) is 0.990. The molecule has 1 saturated heterocycles. The van der Waals surface area contributed by atoms with Crippen LogP contribution in [0, 0.1) is 0 Å². The Morgan fingerprint density at radius 1 is 1.20 bits per heavy atom. The van der Waals surface area contributed by atoms with Gasteiger partial charge in [0.1, 0.15) is 18.4 Å². The summed E-state index contributed by atoms with van der Waals surface area (Å²) in [5.41, 5.74) is 0.699. The molecule has 0 saturated carbocycles. The average molecular weight is 360 g/mol. The highest BCUT2D eigenvalue weighted by molar-refractivity contribution is 6.30. The summed E-state index contributed by atoms with van der Waals surface area (Å²) in [7, 11) is 0. The molecule has 130 valence electrons. The number of carbonyl (C=O) groups is 2. The van der Waals surface area contributed by atoms with Crippen molar-refractivity contribution < 1.29 is 14.3 Å². The van der Waals surface area contributed by atoms with Crippen LogP contribution in [0.2, 0.25) is 5.02 Å². The number of hydrogen-bond acceptors (Lipinski definition) is 3. The smallest absolute Gasteiger partial charge is 0.322 e. The van der Waals surface area contributed by atoms with E-state index in [1.807, 2.05) is 30.3 Å². The molecule has 1 aliphatic heterocycles. The highest BCUT2D eigenvalue weighted by atomic mass is 35.5. The summed E-state index contributed by atoms with van der Waals surface area (Å²) in [6, 6.07) is 15.4. The fraction of sp³-hybridized carbons (Fsp3) is 0.222. The third-order valence-electron chi connectivity index (χ3n) is 3.78. The van der Waals surface area contributed by atoms with E-state index >= 15 is 0 Å². The summed E-state index contributed by atoms with van der Waals surface area (Å²) >= 11 is 5.85. The van der Waals surface area contributed by atoms with Gasteiger partial charge in [-0.05, 0) is 36.4 Å².